The van der Waals surface area contributed by atoms with E-state index in [1.807, 2.05) is 0 Å². The van der Waals surface area contributed by atoms with E-state index in [1.165, 1.54) is 12.1 Å². The van der Waals surface area contributed by atoms with Crippen molar-refractivity contribution in [2.24, 2.45) is 0 Å². The largest absolute Gasteiger partial charge is 0.398 e. The van der Waals surface area contributed by atoms with E-state index < -0.39 is 5.82 Å². The van der Waals surface area contributed by atoms with Gasteiger partial charge < -0.3 is 15.7 Å². The number of nitrogens with two attached hydrogens (primary N) is 1. The molecule has 1 aliphatic heterocycles. The quantitative estimate of drug-likeness (QED) is 0.780. The number of carbonyl (C=O) groups excluding carboxylic acids is 1. The molecule has 2 rings (SSSR count). The van der Waals surface area contributed by atoms with Crippen LogP contribution in [0, 0.1) is 12.7 Å². The lowest BCUT2D eigenvalue weighted by Crippen LogP contribution is -2.37. The number of halogens is 1. The molecule has 1 aliphatic rings. The molecule has 0 spiro atoms. The van der Waals surface area contributed by atoms with Crippen molar-refractivity contribution >= 4 is 11.6 Å². The van der Waals surface area contributed by atoms with Crippen LogP contribution in [0.2, 0.25) is 0 Å². The van der Waals surface area contributed by atoms with Gasteiger partial charge in [0.1, 0.15) is 5.82 Å². The van der Waals surface area contributed by atoms with Crippen molar-refractivity contribution < 1.29 is 14.3 Å². The predicted molar refractivity (Wildman–Crippen MR) is 66.7 cm³/mol. The van der Waals surface area contributed by atoms with Gasteiger partial charge in [0, 0.05) is 23.4 Å². The van der Waals surface area contributed by atoms with Crippen molar-refractivity contribution in [3.05, 3.63) is 29.1 Å². The molecule has 0 bridgehead atoms. The Bertz CT molecular complexity index is 453. The topological polar surface area (TPSA) is 66.6 Å². The van der Waals surface area contributed by atoms with Gasteiger partial charge in [-0.2, -0.15) is 0 Å². The number of nitrogen functional groups attached to an aromatic ring is 1. The highest BCUT2D eigenvalue weighted by Gasteiger charge is 2.29. The molecule has 0 aromatic heterocycles. The van der Waals surface area contributed by atoms with E-state index in [4.69, 9.17) is 5.73 Å². The van der Waals surface area contributed by atoms with E-state index in [0.29, 0.717) is 12.1 Å². The van der Waals surface area contributed by atoms with E-state index >= 15 is 0 Å². The van der Waals surface area contributed by atoms with E-state index in [9.17, 15) is 14.3 Å². The molecular weight excluding hydrogens is 235 g/mol. The van der Waals surface area contributed by atoms with Crippen molar-refractivity contribution in [3.8, 4) is 0 Å². The average Bonchev–Trinajstić information content (AvgIpc) is 2.82. The van der Waals surface area contributed by atoms with E-state index in [-0.39, 0.29) is 29.8 Å². The van der Waals surface area contributed by atoms with Crippen molar-refractivity contribution in [1.82, 2.24) is 4.90 Å². The second kappa shape index (κ2) is 4.94. The highest BCUT2D eigenvalue weighted by Crippen LogP contribution is 2.23. The predicted octanol–water partition coefficient (Wildman–Crippen LogP) is 1.31. The van der Waals surface area contributed by atoms with E-state index in [2.05, 4.69) is 0 Å². The fourth-order valence-corrected chi connectivity index (χ4v) is 2.28. The maximum Gasteiger partial charge on any atom is 0.254 e. The first kappa shape index (κ1) is 12.8. The third-order valence-corrected chi connectivity index (χ3v) is 3.48. The number of anilines is 1. The van der Waals surface area contributed by atoms with Gasteiger partial charge in [0.25, 0.3) is 5.91 Å². The molecule has 1 fully saturated rings. The lowest BCUT2D eigenvalue weighted by atomic mass is 10.1. The molecule has 3 N–H and O–H groups in total. The van der Waals surface area contributed by atoms with Gasteiger partial charge >= 0.3 is 0 Å². The first-order chi connectivity index (χ1) is 8.54. The van der Waals surface area contributed by atoms with Crippen LogP contribution in [-0.2, 0) is 0 Å². The van der Waals surface area contributed by atoms with Crippen LogP contribution in [0.25, 0.3) is 0 Å². The van der Waals surface area contributed by atoms with Crippen LogP contribution < -0.4 is 5.73 Å². The Morgan fingerprint density at radius 3 is 2.94 bits per heavy atom. The Morgan fingerprint density at radius 1 is 1.61 bits per heavy atom. The summed E-state index contributed by atoms with van der Waals surface area (Å²) in [6, 6.07) is 2.54. The highest BCUT2D eigenvalue weighted by molar-refractivity contribution is 5.95. The summed E-state index contributed by atoms with van der Waals surface area (Å²) >= 11 is 0. The second-order valence-electron chi connectivity index (χ2n) is 4.65. The smallest absolute Gasteiger partial charge is 0.254 e. The number of aliphatic hydroxyl groups is 1. The first-order valence-corrected chi connectivity index (χ1v) is 6.02. The molecule has 1 heterocycles. The zero-order chi connectivity index (χ0) is 13.3. The molecule has 1 atom stereocenters. The molecule has 0 radical (unpaired) electrons. The Morgan fingerprint density at radius 2 is 2.33 bits per heavy atom. The van der Waals surface area contributed by atoms with Crippen molar-refractivity contribution in [2.45, 2.75) is 25.8 Å². The number of nitrogens with zero attached hydrogens (tertiary/aromatic N) is 1. The Labute approximate surface area is 105 Å². The van der Waals surface area contributed by atoms with Gasteiger partial charge in [-0.25, -0.2) is 4.39 Å². The summed E-state index contributed by atoms with van der Waals surface area (Å²) in [5.74, 6) is -0.741. The van der Waals surface area contributed by atoms with E-state index in [1.54, 1.807) is 11.8 Å². The number of hydrogen-bond acceptors (Lipinski definition) is 3. The van der Waals surface area contributed by atoms with Gasteiger partial charge in [-0.05, 0) is 31.9 Å². The highest BCUT2D eigenvalue weighted by atomic mass is 19.1. The average molecular weight is 252 g/mol. The normalized spacial score (nSPS) is 19.3. The van der Waals surface area contributed by atoms with Crippen LogP contribution in [0.3, 0.4) is 0 Å². The summed E-state index contributed by atoms with van der Waals surface area (Å²) in [7, 11) is 0. The minimum atomic E-state index is -0.474. The van der Waals surface area contributed by atoms with Crippen LogP contribution in [0.1, 0.15) is 28.8 Å². The first-order valence-electron chi connectivity index (χ1n) is 6.02. The third kappa shape index (κ3) is 2.18. The Hall–Kier alpha value is -1.62. The number of carbonyl (C=O) groups is 1. The zero-order valence-corrected chi connectivity index (χ0v) is 10.3. The molecule has 0 aliphatic carbocycles. The van der Waals surface area contributed by atoms with Gasteiger partial charge in [0.05, 0.1) is 12.6 Å². The maximum absolute atomic E-state index is 13.6. The number of rotatable bonds is 2. The van der Waals surface area contributed by atoms with Gasteiger partial charge in [-0.3, -0.25) is 4.79 Å². The van der Waals surface area contributed by atoms with Crippen LogP contribution in [0.4, 0.5) is 10.1 Å². The third-order valence-electron chi connectivity index (χ3n) is 3.48. The number of aliphatic hydroxyl groups excluding tert-OH is 1. The summed E-state index contributed by atoms with van der Waals surface area (Å²) in [6.45, 7) is 2.11. The number of hydrogen-bond donors (Lipinski definition) is 2. The maximum atomic E-state index is 13.6. The fraction of sp³-hybridized carbons (Fsp3) is 0.462. The summed E-state index contributed by atoms with van der Waals surface area (Å²) in [5, 5.41) is 9.19. The summed E-state index contributed by atoms with van der Waals surface area (Å²) in [5.41, 5.74) is 6.54. The molecule has 18 heavy (non-hydrogen) atoms. The molecular formula is C13H17FN2O2. The minimum absolute atomic E-state index is 0.0600. The lowest BCUT2D eigenvalue weighted by molar-refractivity contribution is 0.0677. The van der Waals surface area contributed by atoms with Crippen LogP contribution in [-0.4, -0.2) is 35.1 Å². The van der Waals surface area contributed by atoms with Gasteiger partial charge in [-0.1, -0.05) is 0 Å². The monoisotopic (exact) mass is 252 g/mol. The molecule has 4 nitrogen and oxygen atoms in total. The molecule has 1 saturated heterocycles. The van der Waals surface area contributed by atoms with Crippen molar-refractivity contribution in [3.63, 3.8) is 0 Å². The van der Waals surface area contributed by atoms with Crippen LogP contribution in [0.5, 0.6) is 0 Å². The number of benzene rings is 1. The van der Waals surface area contributed by atoms with Crippen LogP contribution in [0.15, 0.2) is 12.1 Å². The van der Waals surface area contributed by atoms with Crippen molar-refractivity contribution in [1.29, 1.82) is 0 Å². The standard InChI is InChI=1S/C13H17FN2O2/c1-8-11(14)5-9(6-12(8)15)13(18)16-4-2-3-10(16)7-17/h5-6,10,17H,2-4,7,15H2,1H3/t10-/m1/s1. The summed E-state index contributed by atoms with van der Waals surface area (Å²) in [4.78, 5) is 13.8. The van der Waals surface area contributed by atoms with Crippen molar-refractivity contribution in [2.75, 3.05) is 18.9 Å². The molecule has 98 valence electrons. The number of amides is 1. The molecule has 0 unspecified atom stereocenters. The SMILES string of the molecule is Cc1c(N)cc(C(=O)N2CCC[C@@H]2CO)cc1F. The molecule has 0 saturated carbocycles. The Balaban J connectivity index is 2.29. The minimum Gasteiger partial charge on any atom is -0.398 e. The second-order valence-corrected chi connectivity index (χ2v) is 4.65. The molecule has 5 heteroatoms. The zero-order valence-electron chi connectivity index (χ0n) is 10.3. The summed E-state index contributed by atoms with van der Waals surface area (Å²) in [6.07, 6.45) is 1.65. The van der Waals surface area contributed by atoms with Gasteiger partial charge in [-0.15, -0.1) is 0 Å². The Kier molecular flexibility index (Phi) is 3.52. The number of likely N-dealkylation sites (tertiary alicyclic amines) is 1. The van der Waals surface area contributed by atoms with Gasteiger partial charge in [0.2, 0.25) is 0 Å². The summed E-state index contributed by atoms with van der Waals surface area (Å²) < 4.78 is 13.6. The van der Waals surface area contributed by atoms with E-state index in [0.717, 1.165) is 12.8 Å². The lowest BCUT2D eigenvalue weighted by Gasteiger charge is -2.23. The molecule has 1 aromatic carbocycles. The fourth-order valence-electron chi connectivity index (χ4n) is 2.28. The molecule has 1 aromatic rings. The van der Waals surface area contributed by atoms with Crippen LogP contribution >= 0.6 is 0 Å². The van der Waals surface area contributed by atoms with Gasteiger partial charge in [0.15, 0.2) is 0 Å². The molecule has 1 amide bonds.